The van der Waals surface area contributed by atoms with Gasteiger partial charge in [0.15, 0.2) is 0 Å². The van der Waals surface area contributed by atoms with Crippen LogP contribution in [0.2, 0.25) is 5.02 Å². The lowest BCUT2D eigenvalue weighted by atomic mass is 10.0. The number of hydrogen-bond acceptors (Lipinski definition) is 4. The van der Waals surface area contributed by atoms with Crippen LogP contribution in [0.1, 0.15) is 20.8 Å². The minimum absolute atomic E-state index is 0.0245. The number of halogens is 1. The van der Waals surface area contributed by atoms with Crippen LogP contribution in [-0.4, -0.2) is 17.2 Å². The lowest BCUT2D eigenvalue weighted by molar-refractivity contribution is 0.0699. The topological polar surface area (TPSA) is 75.6 Å². The average Bonchev–Trinajstić information content (AvgIpc) is 2.97. The Bertz CT molecular complexity index is 985. The van der Waals surface area contributed by atoms with Gasteiger partial charge in [0.2, 0.25) is 0 Å². The summed E-state index contributed by atoms with van der Waals surface area (Å²) in [5.41, 5.74) is 2.08. The van der Waals surface area contributed by atoms with Gasteiger partial charge in [0.1, 0.15) is 17.2 Å². The molecule has 0 unspecified atom stereocenters. The van der Waals surface area contributed by atoms with Crippen LogP contribution in [-0.2, 0) is 11.3 Å². The molecule has 0 atom stereocenters. The number of ether oxygens (including phenoxy) is 1. The van der Waals surface area contributed by atoms with Crippen molar-refractivity contribution >= 4 is 40.0 Å². The van der Waals surface area contributed by atoms with Gasteiger partial charge in [0.25, 0.3) is 0 Å². The fourth-order valence-electron chi connectivity index (χ4n) is 2.68. The molecule has 0 aliphatic heterocycles. The van der Waals surface area contributed by atoms with Crippen molar-refractivity contribution in [2.24, 2.45) is 0 Å². The summed E-state index contributed by atoms with van der Waals surface area (Å²) >= 11 is 7.22. The highest BCUT2D eigenvalue weighted by Gasteiger charge is 2.24. The summed E-state index contributed by atoms with van der Waals surface area (Å²) in [5, 5.41) is 13.0. The second-order valence-electron chi connectivity index (χ2n) is 5.74. The molecule has 0 bridgehead atoms. The molecule has 0 radical (unpaired) electrons. The largest absolute Gasteiger partial charge is 0.478 e. The molecule has 0 saturated carbocycles. The Balaban J connectivity index is 1.84. The molecule has 1 aromatic heterocycles. The van der Waals surface area contributed by atoms with Crippen molar-refractivity contribution in [2.45, 2.75) is 13.5 Å². The predicted molar refractivity (Wildman–Crippen MR) is 107 cm³/mol. The number of carbonyl (C=O) groups excluding carboxylic acids is 1. The number of carboxylic acid groups (broad SMARTS) is 1. The standard InChI is InChI=1S/C20H16ClNO4S/c1-12-16(14-8-5-9-15(21)10-14)17(19(23)24)18(27-12)22-20(25)26-11-13-6-3-2-4-7-13/h2-10H,11H2,1H3,(H,22,25)(H,23,24). The first kappa shape index (κ1) is 18.9. The number of aryl methyl sites for hydroxylation is 1. The molecule has 0 saturated heterocycles. The quantitative estimate of drug-likeness (QED) is 0.564. The van der Waals surface area contributed by atoms with E-state index in [9.17, 15) is 14.7 Å². The van der Waals surface area contributed by atoms with Crippen LogP contribution >= 0.6 is 22.9 Å². The van der Waals surface area contributed by atoms with Gasteiger partial charge in [0, 0.05) is 15.5 Å². The molecule has 27 heavy (non-hydrogen) atoms. The number of carbonyl (C=O) groups is 2. The molecule has 2 aromatic carbocycles. The van der Waals surface area contributed by atoms with E-state index >= 15 is 0 Å². The third kappa shape index (κ3) is 4.48. The van der Waals surface area contributed by atoms with E-state index in [1.54, 1.807) is 31.2 Å². The van der Waals surface area contributed by atoms with Gasteiger partial charge in [-0.3, -0.25) is 5.32 Å². The van der Waals surface area contributed by atoms with Crippen molar-refractivity contribution in [3.05, 3.63) is 75.6 Å². The van der Waals surface area contributed by atoms with Crippen molar-refractivity contribution in [3.63, 3.8) is 0 Å². The Kier molecular flexibility index (Phi) is 5.78. The fourth-order valence-corrected chi connectivity index (χ4v) is 3.92. The van der Waals surface area contributed by atoms with Gasteiger partial charge >= 0.3 is 12.1 Å². The Morgan fingerprint density at radius 1 is 1.15 bits per heavy atom. The maximum Gasteiger partial charge on any atom is 0.412 e. The second kappa shape index (κ2) is 8.24. The first-order valence-electron chi connectivity index (χ1n) is 8.06. The van der Waals surface area contributed by atoms with Crippen molar-refractivity contribution in [2.75, 3.05) is 5.32 Å². The zero-order valence-corrected chi connectivity index (χ0v) is 15.9. The molecule has 0 aliphatic carbocycles. The molecule has 0 fully saturated rings. The van der Waals surface area contributed by atoms with E-state index in [2.05, 4.69) is 5.32 Å². The summed E-state index contributed by atoms with van der Waals surface area (Å²) in [5.74, 6) is -1.13. The van der Waals surface area contributed by atoms with Crippen LogP contribution in [0.5, 0.6) is 0 Å². The van der Waals surface area contributed by atoms with Gasteiger partial charge in [-0.1, -0.05) is 54.1 Å². The molecule has 1 heterocycles. The SMILES string of the molecule is Cc1sc(NC(=O)OCc2ccccc2)c(C(=O)O)c1-c1cccc(Cl)c1. The number of nitrogens with one attached hydrogen (secondary N) is 1. The minimum Gasteiger partial charge on any atom is -0.478 e. The highest BCUT2D eigenvalue weighted by atomic mass is 35.5. The Morgan fingerprint density at radius 2 is 1.89 bits per heavy atom. The third-order valence-corrected chi connectivity index (χ3v) is 5.10. The van der Waals surface area contributed by atoms with E-state index in [0.29, 0.717) is 16.1 Å². The van der Waals surface area contributed by atoms with Gasteiger partial charge in [0.05, 0.1) is 0 Å². The maximum absolute atomic E-state index is 12.1. The van der Waals surface area contributed by atoms with Gasteiger partial charge in [-0.25, -0.2) is 9.59 Å². The number of benzene rings is 2. The number of anilines is 1. The van der Waals surface area contributed by atoms with E-state index < -0.39 is 12.1 Å². The van der Waals surface area contributed by atoms with E-state index in [1.165, 1.54) is 11.3 Å². The van der Waals surface area contributed by atoms with E-state index in [-0.39, 0.29) is 17.2 Å². The van der Waals surface area contributed by atoms with E-state index in [1.807, 2.05) is 30.3 Å². The number of amides is 1. The van der Waals surface area contributed by atoms with Crippen molar-refractivity contribution in [1.29, 1.82) is 0 Å². The van der Waals surface area contributed by atoms with Gasteiger partial charge < -0.3 is 9.84 Å². The summed E-state index contributed by atoms with van der Waals surface area (Å²) < 4.78 is 5.18. The molecule has 2 N–H and O–H groups in total. The van der Waals surface area contributed by atoms with Crippen LogP contribution in [0.25, 0.3) is 11.1 Å². The van der Waals surface area contributed by atoms with Crippen LogP contribution in [0.15, 0.2) is 54.6 Å². The second-order valence-corrected chi connectivity index (χ2v) is 7.40. The molecule has 3 aromatic rings. The first-order chi connectivity index (χ1) is 13.0. The molecular formula is C20H16ClNO4S. The summed E-state index contributed by atoms with van der Waals surface area (Å²) in [6.45, 7) is 1.90. The Morgan fingerprint density at radius 3 is 2.56 bits per heavy atom. The van der Waals surface area contributed by atoms with Gasteiger partial charge in [-0.05, 0) is 30.2 Å². The number of carboxylic acids is 1. The molecule has 0 spiro atoms. The van der Waals surface area contributed by atoms with E-state index in [4.69, 9.17) is 16.3 Å². The van der Waals surface area contributed by atoms with Gasteiger partial charge in [-0.2, -0.15) is 0 Å². The lowest BCUT2D eigenvalue weighted by Gasteiger charge is -2.08. The zero-order chi connectivity index (χ0) is 19.4. The normalized spacial score (nSPS) is 10.4. The molecule has 1 amide bonds. The maximum atomic E-state index is 12.1. The van der Waals surface area contributed by atoms with Crippen LogP contribution in [0.3, 0.4) is 0 Å². The third-order valence-electron chi connectivity index (χ3n) is 3.84. The van der Waals surface area contributed by atoms with Gasteiger partial charge in [-0.15, -0.1) is 11.3 Å². The Hall–Kier alpha value is -2.83. The van der Waals surface area contributed by atoms with Crippen LogP contribution in [0, 0.1) is 6.92 Å². The number of aromatic carboxylic acids is 1. The number of thiophene rings is 1. The summed E-state index contributed by atoms with van der Waals surface area (Å²) in [6.07, 6.45) is -0.708. The fraction of sp³-hybridized carbons (Fsp3) is 0.100. The molecule has 7 heteroatoms. The molecule has 138 valence electrons. The van der Waals surface area contributed by atoms with Crippen LogP contribution in [0.4, 0.5) is 9.80 Å². The monoisotopic (exact) mass is 401 g/mol. The number of hydrogen-bond donors (Lipinski definition) is 2. The Labute approximate surface area is 165 Å². The molecule has 0 aliphatic rings. The summed E-state index contributed by atoms with van der Waals surface area (Å²) in [6, 6.07) is 16.2. The summed E-state index contributed by atoms with van der Waals surface area (Å²) in [7, 11) is 0. The first-order valence-corrected chi connectivity index (χ1v) is 9.25. The van der Waals surface area contributed by atoms with Crippen molar-refractivity contribution in [1.82, 2.24) is 0 Å². The molecule has 5 nitrogen and oxygen atoms in total. The smallest absolute Gasteiger partial charge is 0.412 e. The lowest BCUT2D eigenvalue weighted by Crippen LogP contribution is -2.14. The van der Waals surface area contributed by atoms with Crippen LogP contribution < -0.4 is 5.32 Å². The molecule has 3 rings (SSSR count). The summed E-state index contributed by atoms with van der Waals surface area (Å²) in [4.78, 5) is 24.7. The van der Waals surface area contributed by atoms with Crippen molar-refractivity contribution in [3.8, 4) is 11.1 Å². The highest BCUT2D eigenvalue weighted by Crippen LogP contribution is 2.40. The van der Waals surface area contributed by atoms with Crippen molar-refractivity contribution < 1.29 is 19.4 Å². The number of rotatable bonds is 5. The zero-order valence-electron chi connectivity index (χ0n) is 14.4. The highest BCUT2D eigenvalue weighted by molar-refractivity contribution is 7.17. The average molecular weight is 402 g/mol. The predicted octanol–water partition coefficient (Wildman–Crippen LogP) is 5.82. The molecular weight excluding hydrogens is 386 g/mol. The van der Waals surface area contributed by atoms with E-state index in [0.717, 1.165) is 10.4 Å². The minimum atomic E-state index is -1.13.